The number of benzene rings is 2. The van der Waals surface area contributed by atoms with E-state index in [9.17, 15) is 4.79 Å². The Balaban J connectivity index is 2.49. The predicted octanol–water partition coefficient (Wildman–Crippen LogP) is 5.45. The minimum absolute atomic E-state index is 0.0319. The molecule has 0 aromatic heterocycles. The van der Waals surface area contributed by atoms with E-state index in [0.29, 0.717) is 21.2 Å². The van der Waals surface area contributed by atoms with E-state index < -0.39 is 0 Å². The molecule has 1 nitrogen and oxygen atoms in total. The van der Waals surface area contributed by atoms with Gasteiger partial charge in [0, 0.05) is 19.7 Å². The molecule has 0 aliphatic carbocycles. The standard InChI is InChI=1S/C15H11Cl2IO/c1-8-6-12(16)9(2)5-11(8)15(19)10-3-4-14(18)13(17)7-10/h3-7H,1-2H3. The van der Waals surface area contributed by atoms with E-state index >= 15 is 0 Å². The second-order valence-electron chi connectivity index (χ2n) is 4.37. The van der Waals surface area contributed by atoms with Gasteiger partial charge in [-0.2, -0.15) is 0 Å². The average Bonchev–Trinajstić information content (AvgIpc) is 2.36. The summed E-state index contributed by atoms with van der Waals surface area (Å²) in [6.45, 7) is 3.77. The summed E-state index contributed by atoms with van der Waals surface area (Å²) in [5.41, 5.74) is 3.02. The zero-order valence-corrected chi connectivity index (χ0v) is 14.1. The first-order chi connectivity index (χ1) is 8.90. The third kappa shape index (κ3) is 3.12. The van der Waals surface area contributed by atoms with Crippen molar-refractivity contribution in [1.29, 1.82) is 0 Å². The maximum Gasteiger partial charge on any atom is 0.193 e. The van der Waals surface area contributed by atoms with Crippen molar-refractivity contribution in [1.82, 2.24) is 0 Å². The molecule has 0 atom stereocenters. The fraction of sp³-hybridized carbons (Fsp3) is 0.133. The van der Waals surface area contributed by atoms with Gasteiger partial charge in [0.05, 0.1) is 5.02 Å². The van der Waals surface area contributed by atoms with Gasteiger partial charge >= 0.3 is 0 Å². The summed E-state index contributed by atoms with van der Waals surface area (Å²) in [7, 11) is 0. The molecule has 0 aliphatic heterocycles. The van der Waals surface area contributed by atoms with Crippen LogP contribution in [0.3, 0.4) is 0 Å². The van der Waals surface area contributed by atoms with Crippen LogP contribution in [0.1, 0.15) is 27.0 Å². The molecule has 0 saturated carbocycles. The number of aryl methyl sites for hydroxylation is 2. The Bertz CT molecular complexity index is 665. The average molecular weight is 405 g/mol. The van der Waals surface area contributed by atoms with E-state index in [2.05, 4.69) is 22.6 Å². The quantitative estimate of drug-likeness (QED) is 0.480. The Morgan fingerprint density at radius 3 is 2.32 bits per heavy atom. The summed E-state index contributed by atoms with van der Waals surface area (Å²) in [4.78, 5) is 12.5. The molecule has 0 N–H and O–H groups in total. The summed E-state index contributed by atoms with van der Waals surface area (Å²) in [5.74, 6) is -0.0319. The molecular weight excluding hydrogens is 394 g/mol. The highest BCUT2D eigenvalue weighted by atomic mass is 127. The summed E-state index contributed by atoms with van der Waals surface area (Å²) < 4.78 is 0.930. The molecule has 0 radical (unpaired) electrons. The van der Waals surface area contributed by atoms with Crippen molar-refractivity contribution in [3.8, 4) is 0 Å². The monoisotopic (exact) mass is 404 g/mol. The Labute approximate surface area is 136 Å². The van der Waals surface area contributed by atoms with Crippen LogP contribution in [0.15, 0.2) is 30.3 Å². The van der Waals surface area contributed by atoms with Crippen LogP contribution in [0.25, 0.3) is 0 Å². The number of ketones is 1. The molecule has 0 amide bonds. The molecular formula is C15H11Cl2IO. The highest BCUT2D eigenvalue weighted by molar-refractivity contribution is 14.1. The molecule has 2 aromatic carbocycles. The van der Waals surface area contributed by atoms with Crippen LogP contribution in [0, 0.1) is 17.4 Å². The first-order valence-electron chi connectivity index (χ1n) is 5.66. The van der Waals surface area contributed by atoms with Crippen molar-refractivity contribution in [3.63, 3.8) is 0 Å². The van der Waals surface area contributed by atoms with Crippen molar-refractivity contribution in [2.75, 3.05) is 0 Å². The fourth-order valence-electron chi connectivity index (χ4n) is 1.82. The molecule has 0 aliphatic rings. The molecule has 2 rings (SSSR count). The molecule has 0 unspecified atom stereocenters. The van der Waals surface area contributed by atoms with Gasteiger partial charge in [-0.05, 0) is 77.9 Å². The van der Waals surface area contributed by atoms with E-state index in [4.69, 9.17) is 23.2 Å². The van der Waals surface area contributed by atoms with E-state index in [1.165, 1.54) is 0 Å². The molecule has 2 aromatic rings. The Kier molecular flexibility index (Phi) is 4.54. The van der Waals surface area contributed by atoms with Crippen molar-refractivity contribution in [2.45, 2.75) is 13.8 Å². The smallest absolute Gasteiger partial charge is 0.193 e. The Morgan fingerprint density at radius 1 is 1.00 bits per heavy atom. The van der Waals surface area contributed by atoms with Gasteiger partial charge in [-0.1, -0.05) is 23.2 Å². The highest BCUT2D eigenvalue weighted by Gasteiger charge is 2.14. The number of rotatable bonds is 2. The molecule has 0 saturated heterocycles. The maximum absolute atomic E-state index is 12.5. The lowest BCUT2D eigenvalue weighted by Gasteiger charge is -2.09. The molecule has 19 heavy (non-hydrogen) atoms. The zero-order chi connectivity index (χ0) is 14.2. The van der Waals surface area contributed by atoms with Gasteiger partial charge in [0.2, 0.25) is 0 Å². The summed E-state index contributed by atoms with van der Waals surface area (Å²) in [6.07, 6.45) is 0. The van der Waals surface area contributed by atoms with E-state index in [1.807, 2.05) is 32.0 Å². The van der Waals surface area contributed by atoms with E-state index in [1.54, 1.807) is 12.1 Å². The molecule has 0 spiro atoms. The topological polar surface area (TPSA) is 17.1 Å². The number of hydrogen-bond acceptors (Lipinski definition) is 1. The van der Waals surface area contributed by atoms with Crippen LogP contribution in [-0.4, -0.2) is 5.78 Å². The summed E-state index contributed by atoms with van der Waals surface area (Å²) in [5, 5.41) is 1.27. The van der Waals surface area contributed by atoms with Crippen molar-refractivity contribution in [2.24, 2.45) is 0 Å². The lowest BCUT2D eigenvalue weighted by atomic mass is 9.97. The zero-order valence-electron chi connectivity index (χ0n) is 10.4. The normalized spacial score (nSPS) is 10.6. The van der Waals surface area contributed by atoms with Crippen LogP contribution in [-0.2, 0) is 0 Å². The summed E-state index contributed by atoms with van der Waals surface area (Å²) >= 11 is 14.2. The van der Waals surface area contributed by atoms with Gasteiger partial charge in [-0.25, -0.2) is 0 Å². The minimum atomic E-state index is -0.0319. The summed E-state index contributed by atoms with van der Waals surface area (Å²) in [6, 6.07) is 8.98. The first-order valence-corrected chi connectivity index (χ1v) is 7.50. The van der Waals surface area contributed by atoms with E-state index in [-0.39, 0.29) is 5.78 Å². The molecule has 0 heterocycles. The SMILES string of the molecule is Cc1cc(C(=O)c2ccc(I)c(Cl)c2)c(C)cc1Cl. The van der Waals surface area contributed by atoms with Crippen molar-refractivity contribution < 1.29 is 4.79 Å². The largest absolute Gasteiger partial charge is 0.289 e. The lowest BCUT2D eigenvalue weighted by molar-refractivity contribution is 0.103. The Hall–Kier alpha value is -0.580. The van der Waals surface area contributed by atoms with Crippen LogP contribution in [0.5, 0.6) is 0 Å². The van der Waals surface area contributed by atoms with Crippen molar-refractivity contribution >= 4 is 51.6 Å². The Morgan fingerprint density at radius 2 is 1.68 bits per heavy atom. The van der Waals surface area contributed by atoms with Crippen LogP contribution in [0.4, 0.5) is 0 Å². The van der Waals surface area contributed by atoms with Gasteiger partial charge in [0.25, 0.3) is 0 Å². The predicted molar refractivity (Wildman–Crippen MR) is 88.5 cm³/mol. The lowest BCUT2D eigenvalue weighted by Crippen LogP contribution is -2.04. The van der Waals surface area contributed by atoms with Crippen LogP contribution >= 0.6 is 45.8 Å². The van der Waals surface area contributed by atoms with Crippen LogP contribution in [0.2, 0.25) is 10.0 Å². The maximum atomic E-state index is 12.5. The minimum Gasteiger partial charge on any atom is -0.289 e. The molecule has 0 bridgehead atoms. The third-order valence-electron chi connectivity index (χ3n) is 2.93. The number of carbonyl (C=O) groups is 1. The third-order valence-corrected chi connectivity index (χ3v) is 4.91. The second-order valence-corrected chi connectivity index (χ2v) is 6.35. The number of halogens is 3. The van der Waals surface area contributed by atoms with E-state index in [0.717, 1.165) is 14.7 Å². The van der Waals surface area contributed by atoms with Crippen LogP contribution < -0.4 is 0 Å². The molecule has 98 valence electrons. The number of hydrogen-bond donors (Lipinski definition) is 0. The number of carbonyl (C=O) groups excluding carboxylic acids is 1. The second kappa shape index (κ2) is 5.81. The van der Waals surface area contributed by atoms with Gasteiger partial charge in [0.1, 0.15) is 0 Å². The fourth-order valence-corrected chi connectivity index (χ4v) is 2.55. The molecule has 4 heteroatoms. The van der Waals surface area contributed by atoms with Gasteiger partial charge in [-0.3, -0.25) is 4.79 Å². The van der Waals surface area contributed by atoms with Gasteiger partial charge in [-0.15, -0.1) is 0 Å². The molecule has 0 fully saturated rings. The van der Waals surface area contributed by atoms with Gasteiger partial charge in [0.15, 0.2) is 5.78 Å². The first kappa shape index (κ1) is 14.8. The highest BCUT2D eigenvalue weighted by Crippen LogP contribution is 2.25. The van der Waals surface area contributed by atoms with Gasteiger partial charge < -0.3 is 0 Å². The van der Waals surface area contributed by atoms with Crippen molar-refractivity contribution in [3.05, 3.63) is 66.2 Å².